The summed E-state index contributed by atoms with van der Waals surface area (Å²) in [6.45, 7) is 9.16. The molecule has 18 heavy (non-hydrogen) atoms. The van der Waals surface area contributed by atoms with Crippen LogP contribution in [0.25, 0.3) is 0 Å². The first kappa shape index (κ1) is 14.0. The van der Waals surface area contributed by atoms with Crippen molar-refractivity contribution in [3.63, 3.8) is 0 Å². The standard InChI is InChI=1S/C14H25N3S/c1-11-5-4-7-17(10-11)8-6-14-16-12(2)13(18-14)9-15-3/h11,15H,4-10H2,1-3H3. The van der Waals surface area contributed by atoms with E-state index in [2.05, 4.69) is 29.0 Å². The van der Waals surface area contributed by atoms with Gasteiger partial charge in [-0.1, -0.05) is 6.92 Å². The molecular weight excluding hydrogens is 242 g/mol. The highest BCUT2D eigenvalue weighted by Gasteiger charge is 2.16. The molecule has 1 saturated heterocycles. The van der Waals surface area contributed by atoms with Gasteiger partial charge in [-0.15, -0.1) is 11.3 Å². The summed E-state index contributed by atoms with van der Waals surface area (Å²) in [6, 6.07) is 0. The fourth-order valence-electron chi connectivity index (χ4n) is 2.66. The quantitative estimate of drug-likeness (QED) is 0.888. The van der Waals surface area contributed by atoms with Gasteiger partial charge < -0.3 is 10.2 Å². The number of piperidine rings is 1. The minimum Gasteiger partial charge on any atom is -0.315 e. The summed E-state index contributed by atoms with van der Waals surface area (Å²) in [4.78, 5) is 8.67. The minimum absolute atomic E-state index is 0.872. The molecule has 1 fully saturated rings. The van der Waals surface area contributed by atoms with Crippen LogP contribution in [0.15, 0.2) is 0 Å². The fraction of sp³-hybridized carbons (Fsp3) is 0.786. The van der Waals surface area contributed by atoms with E-state index in [1.165, 1.54) is 48.1 Å². The molecule has 1 aliphatic rings. The number of thiazole rings is 1. The SMILES string of the molecule is CNCc1sc(CCN2CCCC(C)C2)nc1C. The second-order valence-corrected chi connectivity index (χ2v) is 6.61. The monoisotopic (exact) mass is 267 g/mol. The van der Waals surface area contributed by atoms with Crippen molar-refractivity contribution in [3.05, 3.63) is 15.6 Å². The zero-order chi connectivity index (χ0) is 13.0. The molecule has 0 saturated carbocycles. The molecule has 0 amide bonds. The van der Waals surface area contributed by atoms with E-state index in [9.17, 15) is 0 Å². The number of hydrogen-bond donors (Lipinski definition) is 1. The van der Waals surface area contributed by atoms with Gasteiger partial charge in [0.15, 0.2) is 0 Å². The van der Waals surface area contributed by atoms with E-state index in [4.69, 9.17) is 0 Å². The van der Waals surface area contributed by atoms with Gasteiger partial charge in [-0.3, -0.25) is 0 Å². The normalized spacial score (nSPS) is 21.4. The number of aromatic nitrogens is 1. The van der Waals surface area contributed by atoms with Crippen LogP contribution < -0.4 is 5.32 Å². The Labute approximate surface area is 115 Å². The smallest absolute Gasteiger partial charge is 0.0944 e. The number of rotatable bonds is 5. The topological polar surface area (TPSA) is 28.2 Å². The van der Waals surface area contributed by atoms with E-state index < -0.39 is 0 Å². The summed E-state index contributed by atoms with van der Waals surface area (Å²) in [5.74, 6) is 0.872. The van der Waals surface area contributed by atoms with Gasteiger partial charge in [-0.25, -0.2) is 4.98 Å². The average Bonchev–Trinajstić information content (AvgIpc) is 2.69. The van der Waals surface area contributed by atoms with Gasteiger partial charge in [-0.05, 0) is 39.3 Å². The molecule has 2 rings (SSSR count). The van der Waals surface area contributed by atoms with Crippen LogP contribution in [0.3, 0.4) is 0 Å². The summed E-state index contributed by atoms with van der Waals surface area (Å²) in [5, 5.41) is 4.51. The Morgan fingerprint density at radius 3 is 3.06 bits per heavy atom. The zero-order valence-corrected chi connectivity index (χ0v) is 12.6. The second kappa shape index (κ2) is 6.64. The molecule has 0 radical (unpaired) electrons. The van der Waals surface area contributed by atoms with Crippen LogP contribution in [0, 0.1) is 12.8 Å². The molecule has 3 nitrogen and oxygen atoms in total. The molecule has 0 spiro atoms. The van der Waals surface area contributed by atoms with Crippen molar-refractivity contribution < 1.29 is 0 Å². The lowest BCUT2D eigenvalue weighted by atomic mass is 10.0. The van der Waals surface area contributed by atoms with E-state index in [0.29, 0.717) is 0 Å². The third-order valence-corrected chi connectivity index (χ3v) is 4.87. The predicted octanol–water partition coefficient (Wildman–Crippen LogP) is 2.45. The Hall–Kier alpha value is -0.450. The van der Waals surface area contributed by atoms with E-state index in [-0.39, 0.29) is 0 Å². The first-order valence-corrected chi connectivity index (χ1v) is 7.83. The maximum absolute atomic E-state index is 4.68. The second-order valence-electron chi connectivity index (χ2n) is 5.44. The lowest BCUT2D eigenvalue weighted by Gasteiger charge is -2.30. The fourth-order valence-corrected chi connectivity index (χ4v) is 3.73. The first-order valence-electron chi connectivity index (χ1n) is 7.01. The Morgan fingerprint density at radius 2 is 2.33 bits per heavy atom. The minimum atomic E-state index is 0.872. The Morgan fingerprint density at radius 1 is 1.50 bits per heavy atom. The summed E-state index contributed by atoms with van der Waals surface area (Å²) < 4.78 is 0. The summed E-state index contributed by atoms with van der Waals surface area (Å²) >= 11 is 1.87. The van der Waals surface area contributed by atoms with Crippen LogP contribution in [0.2, 0.25) is 0 Å². The van der Waals surface area contributed by atoms with Gasteiger partial charge in [0.25, 0.3) is 0 Å². The van der Waals surface area contributed by atoms with Crippen LogP contribution >= 0.6 is 11.3 Å². The molecule has 0 bridgehead atoms. The Bertz CT molecular complexity index is 375. The molecule has 4 heteroatoms. The van der Waals surface area contributed by atoms with Crippen molar-refractivity contribution in [3.8, 4) is 0 Å². The van der Waals surface area contributed by atoms with E-state index in [0.717, 1.165) is 18.9 Å². The molecule has 1 atom stereocenters. The summed E-state index contributed by atoms with van der Waals surface area (Å²) in [6.07, 6.45) is 3.88. The van der Waals surface area contributed by atoms with Gasteiger partial charge >= 0.3 is 0 Å². The lowest BCUT2D eigenvalue weighted by molar-refractivity contribution is 0.186. The molecule has 1 N–H and O–H groups in total. The maximum atomic E-state index is 4.68. The number of nitrogens with one attached hydrogen (secondary N) is 1. The third-order valence-electron chi connectivity index (χ3n) is 3.66. The molecule has 0 aromatic carbocycles. The maximum Gasteiger partial charge on any atom is 0.0944 e. The molecule has 102 valence electrons. The molecule has 0 aliphatic carbocycles. The summed E-state index contributed by atoms with van der Waals surface area (Å²) in [5.41, 5.74) is 1.20. The largest absolute Gasteiger partial charge is 0.315 e. The molecule has 1 aromatic heterocycles. The van der Waals surface area contributed by atoms with Crippen molar-refractivity contribution in [2.75, 3.05) is 26.7 Å². The van der Waals surface area contributed by atoms with Crippen LogP contribution in [-0.2, 0) is 13.0 Å². The predicted molar refractivity (Wildman–Crippen MR) is 78.2 cm³/mol. The molecule has 1 aliphatic heterocycles. The van der Waals surface area contributed by atoms with E-state index in [1.807, 2.05) is 18.4 Å². The van der Waals surface area contributed by atoms with Crippen LogP contribution in [0.5, 0.6) is 0 Å². The highest BCUT2D eigenvalue weighted by Crippen LogP contribution is 2.20. The van der Waals surface area contributed by atoms with Crippen molar-refractivity contribution in [2.45, 2.75) is 39.7 Å². The average molecular weight is 267 g/mol. The van der Waals surface area contributed by atoms with Gasteiger partial charge in [0.1, 0.15) is 0 Å². The highest BCUT2D eigenvalue weighted by atomic mass is 32.1. The number of nitrogens with zero attached hydrogens (tertiary/aromatic N) is 2. The number of aryl methyl sites for hydroxylation is 1. The van der Waals surface area contributed by atoms with Gasteiger partial charge in [0.2, 0.25) is 0 Å². The molecule has 2 heterocycles. The molecule has 1 aromatic rings. The van der Waals surface area contributed by atoms with Crippen LogP contribution in [0.1, 0.15) is 35.3 Å². The lowest BCUT2D eigenvalue weighted by Crippen LogP contribution is -2.35. The summed E-state index contributed by atoms with van der Waals surface area (Å²) in [7, 11) is 1.99. The Kier molecular flexibility index (Phi) is 5.15. The van der Waals surface area contributed by atoms with Crippen molar-refractivity contribution in [2.24, 2.45) is 5.92 Å². The van der Waals surface area contributed by atoms with Crippen molar-refractivity contribution in [1.82, 2.24) is 15.2 Å². The van der Waals surface area contributed by atoms with Gasteiger partial charge in [-0.2, -0.15) is 0 Å². The van der Waals surface area contributed by atoms with Crippen molar-refractivity contribution in [1.29, 1.82) is 0 Å². The van der Waals surface area contributed by atoms with E-state index in [1.54, 1.807) is 0 Å². The van der Waals surface area contributed by atoms with Gasteiger partial charge in [0.05, 0.1) is 10.7 Å². The van der Waals surface area contributed by atoms with Crippen molar-refractivity contribution >= 4 is 11.3 Å². The number of hydrogen-bond acceptors (Lipinski definition) is 4. The molecule has 1 unspecified atom stereocenters. The van der Waals surface area contributed by atoms with Crippen LogP contribution in [-0.4, -0.2) is 36.6 Å². The zero-order valence-electron chi connectivity index (χ0n) is 11.8. The van der Waals surface area contributed by atoms with E-state index >= 15 is 0 Å². The first-order chi connectivity index (χ1) is 8.69. The highest BCUT2D eigenvalue weighted by molar-refractivity contribution is 7.11. The number of likely N-dealkylation sites (tertiary alicyclic amines) is 1. The third kappa shape index (κ3) is 3.77. The van der Waals surface area contributed by atoms with Gasteiger partial charge in [0, 0.05) is 30.9 Å². The molecular formula is C14H25N3S. The van der Waals surface area contributed by atoms with Crippen LogP contribution in [0.4, 0.5) is 0 Å². The Balaban J connectivity index is 1.84.